The highest BCUT2D eigenvalue weighted by Gasteiger charge is 2.66. The van der Waals surface area contributed by atoms with E-state index in [-0.39, 0.29) is 24.4 Å². The number of anilines is 1. The first-order chi connectivity index (χ1) is 12.9. The molecular formula is C18H13BrFN5O2. The van der Waals surface area contributed by atoms with E-state index < -0.39 is 17.1 Å². The molecule has 1 aromatic carbocycles. The van der Waals surface area contributed by atoms with Gasteiger partial charge in [-0.15, -0.1) is 0 Å². The first-order valence-corrected chi connectivity index (χ1v) is 8.95. The molecule has 2 amide bonds. The van der Waals surface area contributed by atoms with Crippen LogP contribution in [0.1, 0.15) is 22.3 Å². The summed E-state index contributed by atoms with van der Waals surface area (Å²) < 4.78 is 13.7. The molecule has 9 heteroatoms. The topological polar surface area (TPSA) is 79.6 Å². The second-order valence-corrected chi connectivity index (χ2v) is 7.55. The van der Waals surface area contributed by atoms with E-state index in [4.69, 9.17) is 6.57 Å². The summed E-state index contributed by atoms with van der Waals surface area (Å²) in [6.07, 6.45) is 2.55. The van der Waals surface area contributed by atoms with Crippen LogP contribution in [0.25, 0.3) is 4.85 Å². The van der Waals surface area contributed by atoms with Crippen molar-refractivity contribution in [3.05, 3.63) is 63.4 Å². The fraction of sp³-hybridized carbons (Fsp3) is 0.278. The molecule has 27 heavy (non-hydrogen) atoms. The maximum absolute atomic E-state index is 12.9. The number of carbonyl (C=O) groups is 2. The van der Waals surface area contributed by atoms with E-state index in [2.05, 4.69) is 36.1 Å². The molecule has 1 aromatic heterocycles. The first kappa shape index (κ1) is 17.5. The van der Waals surface area contributed by atoms with Gasteiger partial charge < -0.3 is 9.74 Å². The Balaban J connectivity index is 1.56. The Morgan fingerprint density at radius 2 is 2.19 bits per heavy atom. The van der Waals surface area contributed by atoms with Gasteiger partial charge in [0.15, 0.2) is 5.82 Å². The van der Waals surface area contributed by atoms with Gasteiger partial charge in [-0.25, -0.2) is 20.9 Å². The number of fused-ring (bicyclic) bond motifs is 2. The molecule has 1 fully saturated rings. The summed E-state index contributed by atoms with van der Waals surface area (Å²) in [7, 11) is 0. The molecule has 2 atom stereocenters. The van der Waals surface area contributed by atoms with Crippen LogP contribution in [0, 0.1) is 12.4 Å². The SMILES string of the molecule is [C-]#[N+][C@@H]1C[C@@]12CN(CC(=O)Nc1ncc(F)cn1)C(=O)c1ccc(Br)cc12. The van der Waals surface area contributed by atoms with Crippen molar-refractivity contribution >= 4 is 33.7 Å². The summed E-state index contributed by atoms with van der Waals surface area (Å²) >= 11 is 3.42. The number of nitrogens with zero attached hydrogens (tertiary/aromatic N) is 4. The second kappa shape index (κ2) is 6.39. The van der Waals surface area contributed by atoms with Gasteiger partial charge >= 0.3 is 0 Å². The van der Waals surface area contributed by atoms with E-state index in [0.29, 0.717) is 18.5 Å². The average Bonchev–Trinajstić information content (AvgIpc) is 3.35. The third-order valence-corrected chi connectivity index (χ3v) is 5.40. The number of aromatic nitrogens is 2. The van der Waals surface area contributed by atoms with Crippen molar-refractivity contribution in [3.8, 4) is 0 Å². The second-order valence-electron chi connectivity index (χ2n) is 6.63. The Morgan fingerprint density at radius 3 is 2.85 bits per heavy atom. The lowest BCUT2D eigenvalue weighted by Crippen LogP contribution is -2.47. The smallest absolute Gasteiger partial charge is 0.254 e. The van der Waals surface area contributed by atoms with Gasteiger partial charge in [0.2, 0.25) is 17.9 Å². The van der Waals surface area contributed by atoms with E-state index in [1.54, 1.807) is 12.1 Å². The molecule has 1 aliphatic carbocycles. The summed E-state index contributed by atoms with van der Waals surface area (Å²) in [5.41, 5.74) is 0.948. The highest BCUT2D eigenvalue weighted by Crippen LogP contribution is 2.54. The quantitative estimate of drug-likeness (QED) is 0.759. The Labute approximate surface area is 162 Å². The van der Waals surface area contributed by atoms with Crippen LogP contribution in [0.3, 0.4) is 0 Å². The van der Waals surface area contributed by atoms with Gasteiger partial charge in [0.05, 0.1) is 17.8 Å². The number of benzene rings is 1. The lowest BCUT2D eigenvalue weighted by molar-refractivity contribution is -0.117. The highest BCUT2D eigenvalue weighted by molar-refractivity contribution is 9.10. The maximum atomic E-state index is 12.9. The highest BCUT2D eigenvalue weighted by atomic mass is 79.9. The number of hydrogen-bond acceptors (Lipinski definition) is 4. The zero-order valence-corrected chi connectivity index (χ0v) is 15.5. The molecule has 2 aromatic rings. The van der Waals surface area contributed by atoms with Crippen molar-refractivity contribution in [2.45, 2.75) is 17.9 Å². The van der Waals surface area contributed by atoms with Gasteiger partial charge in [-0.05, 0) is 23.8 Å². The maximum Gasteiger partial charge on any atom is 0.254 e. The van der Waals surface area contributed by atoms with Crippen LogP contribution in [0.5, 0.6) is 0 Å². The van der Waals surface area contributed by atoms with E-state index in [1.165, 1.54) is 4.90 Å². The minimum absolute atomic E-state index is 0.0321. The van der Waals surface area contributed by atoms with Crippen LogP contribution in [0.2, 0.25) is 0 Å². The predicted octanol–water partition coefficient (Wildman–Crippen LogP) is 2.40. The summed E-state index contributed by atoms with van der Waals surface area (Å²) in [6, 6.07) is 5.18. The number of amides is 2. The van der Waals surface area contributed by atoms with E-state index in [1.807, 2.05) is 6.07 Å². The zero-order chi connectivity index (χ0) is 19.2. The third kappa shape index (κ3) is 3.06. The molecule has 1 spiro atoms. The molecular weight excluding hydrogens is 417 g/mol. The number of carbonyl (C=O) groups excluding carboxylic acids is 2. The van der Waals surface area contributed by atoms with Crippen LogP contribution in [0.4, 0.5) is 10.3 Å². The summed E-state index contributed by atoms with van der Waals surface area (Å²) in [5, 5.41) is 2.45. The van der Waals surface area contributed by atoms with Crippen molar-refractivity contribution in [2.24, 2.45) is 0 Å². The van der Waals surface area contributed by atoms with Gasteiger partial charge in [-0.2, -0.15) is 0 Å². The van der Waals surface area contributed by atoms with Crippen molar-refractivity contribution in [2.75, 3.05) is 18.4 Å². The summed E-state index contributed by atoms with van der Waals surface area (Å²) in [6.45, 7) is 7.50. The van der Waals surface area contributed by atoms with Crippen LogP contribution in [0.15, 0.2) is 35.1 Å². The monoisotopic (exact) mass is 429 g/mol. The first-order valence-electron chi connectivity index (χ1n) is 8.16. The van der Waals surface area contributed by atoms with Gasteiger partial charge in [-0.1, -0.05) is 15.9 Å². The minimum atomic E-state index is -0.608. The standard InChI is InChI=1S/C18H13BrFN5O2/c1-21-14-5-18(14)9-25(16(27)12-3-2-10(19)4-13(12)18)8-15(26)24-17-22-6-11(20)7-23-17/h2-4,6-7,14H,5,8-9H2,(H,22,23,24,26)/t14-,18+/m1/s1. The Kier molecular flexibility index (Phi) is 4.15. The van der Waals surface area contributed by atoms with E-state index in [0.717, 1.165) is 22.4 Å². The molecule has 7 nitrogen and oxygen atoms in total. The van der Waals surface area contributed by atoms with Crippen molar-refractivity contribution in [1.82, 2.24) is 14.9 Å². The lowest BCUT2D eigenvalue weighted by Gasteiger charge is -2.33. The molecule has 1 N–H and O–H groups in total. The van der Waals surface area contributed by atoms with Crippen LogP contribution in [-0.4, -0.2) is 45.8 Å². The Hall–Kier alpha value is -2.86. The fourth-order valence-corrected chi connectivity index (χ4v) is 3.90. The van der Waals surface area contributed by atoms with E-state index >= 15 is 0 Å². The minimum Gasteiger partial charge on any atom is -0.328 e. The van der Waals surface area contributed by atoms with Gasteiger partial charge in [-0.3, -0.25) is 14.9 Å². The Morgan fingerprint density at radius 1 is 1.44 bits per heavy atom. The van der Waals surface area contributed by atoms with Crippen molar-refractivity contribution in [3.63, 3.8) is 0 Å². The van der Waals surface area contributed by atoms with Crippen molar-refractivity contribution in [1.29, 1.82) is 0 Å². The van der Waals surface area contributed by atoms with Crippen molar-refractivity contribution < 1.29 is 14.0 Å². The number of halogens is 2. The molecule has 2 aliphatic rings. The third-order valence-electron chi connectivity index (χ3n) is 4.91. The molecule has 0 bridgehead atoms. The molecule has 2 heterocycles. The van der Waals surface area contributed by atoms with Gasteiger partial charge in [0, 0.05) is 23.0 Å². The molecule has 136 valence electrons. The molecule has 0 radical (unpaired) electrons. The van der Waals surface area contributed by atoms with Gasteiger partial charge in [0.1, 0.15) is 6.54 Å². The van der Waals surface area contributed by atoms with Crippen LogP contribution >= 0.6 is 15.9 Å². The number of hydrogen-bond donors (Lipinski definition) is 1. The number of nitrogens with one attached hydrogen (secondary N) is 1. The molecule has 1 aliphatic heterocycles. The average molecular weight is 430 g/mol. The van der Waals surface area contributed by atoms with Gasteiger partial charge in [0.25, 0.3) is 5.91 Å². The summed E-state index contributed by atoms with van der Waals surface area (Å²) in [4.78, 5) is 37.6. The molecule has 4 rings (SSSR count). The normalized spacial score (nSPS) is 22.9. The lowest BCUT2D eigenvalue weighted by atomic mass is 9.86. The number of rotatable bonds is 3. The van der Waals surface area contributed by atoms with Crippen LogP contribution in [-0.2, 0) is 10.2 Å². The Bertz CT molecular complexity index is 990. The predicted molar refractivity (Wildman–Crippen MR) is 97.4 cm³/mol. The molecule has 1 saturated carbocycles. The largest absolute Gasteiger partial charge is 0.328 e. The summed E-state index contributed by atoms with van der Waals surface area (Å²) in [5.74, 6) is -1.38. The van der Waals surface area contributed by atoms with E-state index in [9.17, 15) is 14.0 Å². The van der Waals surface area contributed by atoms with Crippen LogP contribution < -0.4 is 5.32 Å². The molecule has 0 saturated heterocycles. The fourth-order valence-electron chi connectivity index (χ4n) is 3.54. The zero-order valence-electron chi connectivity index (χ0n) is 13.9. The molecule has 0 unspecified atom stereocenters.